The van der Waals surface area contributed by atoms with Crippen molar-refractivity contribution in [3.8, 4) is 28.1 Å². The minimum absolute atomic E-state index is 0.00980. The number of nitrogens with zero attached hydrogens (tertiary/aromatic N) is 3. The van der Waals surface area contributed by atoms with Gasteiger partial charge in [-0.3, -0.25) is 4.79 Å². The highest BCUT2D eigenvalue weighted by atomic mass is 16.5. The summed E-state index contributed by atoms with van der Waals surface area (Å²) in [7, 11) is 3.93. The van der Waals surface area contributed by atoms with Crippen molar-refractivity contribution in [2.45, 2.75) is 50.4 Å². The lowest BCUT2D eigenvalue weighted by molar-refractivity contribution is 0.289. The van der Waals surface area contributed by atoms with E-state index in [2.05, 4.69) is 47.6 Å². The van der Waals surface area contributed by atoms with Crippen LogP contribution >= 0.6 is 0 Å². The number of hydrogen-bond donors (Lipinski definition) is 1. The zero-order chi connectivity index (χ0) is 21.8. The second kappa shape index (κ2) is 7.48. The molecule has 1 aromatic carbocycles. The average Bonchev–Trinajstić information content (AvgIpc) is 3.16. The minimum atomic E-state index is -0.00980. The van der Waals surface area contributed by atoms with E-state index in [1.165, 1.54) is 25.7 Å². The van der Waals surface area contributed by atoms with Crippen molar-refractivity contribution < 1.29 is 4.74 Å². The highest BCUT2D eigenvalue weighted by Crippen LogP contribution is 2.40. The summed E-state index contributed by atoms with van der Waals surface area (Å²) >= 11 is 0. The molecular formula is C26H28N4O2. The fourth-order valence-corrected chi connectivity index (χ4v) is 5.50. The van der Waals surface area contributed by atoms with Gasteiger partial charge in [-0.05, 0) is 72.2 Å². The molecule has 2 fully saturated rings. The Hall–Kier alpha value is -3.12. The van der Waals surface area contributed by atoms with E-state index in [1.54, 1.807) is 23.9 Å². The maximum Gasteiger partial charge on any atom is 0.250 e. The number of fused-ring (bicyclic) bond motifs is 5. The molecule has 32 heavy (non-hydrogen) atoms. The molecule has 0 amide bonds. The summed E-state index contributed by atoms with van der Waals surface area (Å²) in [5.74, 6) is 1.69. The SMILES string of the molecule is CN(c1ccc2c(n1)OCc1cc(-c3ccn(C)c(=O)c3)ccc1-2)[C@@H]1C[C@H]2CC[C@@H](C1)N2. The Labute approximate surface area is 187 Å². The van der Waals surface area contributed by atoms with Gasteiger partial charge in [-0.25, -0.2) is 0 Å². The molecule has 3 atom stereocenters. The monoisotopic (exact) mass is 428 g/mol. The van der Waals surface area contributed by atoms with Crippen LogP contribution in [-0.4, -0.2) is 34.7 Å². The molecule has 0 spiro atoms. The molecule has 0 saturated carbocycles. The minimum Gasteiger partial charge on any atom is -0.472 e. The van der Waals surface area contributed by atoms with Crippen LogP contribution in [0.5, 0.6) is 5.88 Å². The van der Waals surface area contributed by atoms with E-state index >= 15 is 0 Å². The van der Waals surface area contributed by atoms with Crippen LogP contribution in [0.1, 0.15) is 31.2 Å². The third kappa shape index (κ3) is 3.30. The molecule has 0 radical (unpaired) electrons. The Kier molecular flexibility index (Phi) is 4.57. The van der Waals surface area contributed by atoms with Crippen molar-refractivity contribution >= 4 is 5.82 Å². The standard InChI is InChI=1S/C26H28N4O2/c1-29-10-9-17(12-25(29)31)16-3-6-22-18(11-16)15-32-26-23(22)7-8-24(28-26)30(2)21-13-19-4-5-20(14-21)27-19/h3,6-12,19-21,27H,4-5,13-15H2,1-2H3/t19-,20+,21-. The van der Waals surface area contributed by atoms with E-state index in [1.807, 2.05) is 6.07 Å². The fourth-order valence-electron chi connectivity index (χ4n) is 5.50. The van der Waals surface area contributed by atoms with Crippen molar-refractivity contribution in [3.63, 3.8) is 0 Å². The molecule has 3 aliphatic heterocycles. The van der Waals surface area contributed by atoms with E-state index in [0.29, 0.717) is 30.6 Å². The number of nitrogens with one attached hydrogen (secondary N) is 1. The predicted octanol–water partition coefficient (Wildman–Crippen LogP) is 3.73. The van der Waals surface area contributed by atoms with Crippen LogP contribution < -0.4 is 20.5 Å². The molecule has 1 N–H and O–H groups in total. The smallest absolute Gasteiger partial charge is 0.250 e. The molecule has 164 valence electrons. The number of ether oxygens (including phenoxy) is 1. The summed E-state index contributed by atoms with van der Waals surface area (Å²) < 4.78 is 7.68. The number of anilines is 1. The van der Waals surface area contributed by atoms with Gasteiger partial charge in [0.1, 0.15) is 12.4 Å². The Balaban J connectivity index is 1.28. The van der Waals surface area contributed by atoms with Crippen LogP contribution in [0.4, 0.5) is 5.82 Å². The highest BCUT2D eigenvalue weighted by molar-refractivity contribution is 5.78. The number of pyridine rings is 2. The van der Waals surface area contributed by atoms with Crippen LogP contribution in [0.3, 0.4) is 0 Å². The van der Waals surface area contributed by atoms with E-state index in [0.717, 1.165) is 33.6 Å². The summed E-state index contributed by atoms with van der Waals surface area (Å²) in [6.07, 6.45) is 6.76. The molecule has 6 heteroatoms. The van der Waals surface area contributed by atoms with E-state index in [-0.39, 0.29) is 5.56 Å². The van der Waals surface area contributed by atoms with Gasteiger partial charge in [0.2, 0.25) is 5.88 Å². The first-order valence-electron chi connectivity index (χ1n) is 11.5. The fraction of sp³-hybridized carbons (Fsp3) is 0.385. The van der Waals surface area contributed by atoms with Crippen molar-refractivity contribution in [1.82, 2.24) is 14.9 Å². The topological polar surface area (TPSA) is 59.4 Å². The van der Waals surface area contributed by atoms with E-state index in [4.69, 9.17) is 9.72 Å². The summed E-state index contributed by atoms with van der Waals surface area (Å²) in [5, 5.41) is 3.72. The molecule has 2 bridgehead atoms. The van der Waals surface area contributed by atoms with Gasteiger partial charge < -0.3 is 19.5 Å². The lowest BCUT2D eigenvalue weighted by atomic mass is 9.94. The first kappa shape index (κ1) is 19.6. The molecule has 3 aromatic rings. The lowest BCUT2D eigenvalue weighted by Crippen LogP contribution is -2.47. The molecule has 2 saturated heterocycles. The number of aryl methyl sites for hydroxylation is 1. The second-order valence-electron chi connectivity index (χ2n) is 9.42. The van der Waals surface area contributed by atoms with Gasteiger partial charge >= 0.3 is 0 Å². The summed E-state index contributed by atoms with van der Waals surface area (Å²) in [6, 6.07) is 16.1. The largest absolute Gasteiger partial charge is 0.472 e. The Morgan fingerprint density at radius 3 is 2.56 bits per heavy atom. The summed E-state index contributed by atoms with van der Waals surface area (Å²) in [5.41, 5.74) is 5.24. The Morgan fingerprint density at radius 2 is 1.78 bits per heavy atom. The number of hydrogen-bond acceptors (Lipinski definition) is 5. The molecule has 6 nitrogen and oxygen atoms in total. The van der Waals surface area contributed by atoms with Gasteiger partial charge in [-0.15, -0.1) is 0 Å². The lowest BCUT2D eigenvalue weighted by Gasteiger charge is -2.36. The molecule has 5 heterocycles. The molecule has 2 aromatic heterocycles. The quantitative estimate of drug-likeness (QED) is 0.689. The Morgan fingerprint density at radius 1 is 1.03 bits per heavy atom. The summed E-state index contributed by atoms with van der Waals surface area (Å²) in [6.45, 7) is 0.485. The van der Waals surface area contributed by atoms with Crippen LogP contribution in [0.15, 0.2) is 53.5 Å². The van der Waals surface area contributed by atoms with Crippen LogP contribution in [0.25, 0.3) is 22.3 Å². The predicted molar refractivity (Wildman–Crippen MR) is 126 cm³/mol. The molecular weight excluding hydrogens is 400 g/mol. The molecule has 6 rings (SSSR count). The number of aromatic nitrogens is 2. The zero-order valence-corrected chi connectivity index (χ0v) is 18.5. The van der Waals surface area contributed by atoms with Gasteiger partial charge in [0.05, 0.1) is 0 Å². The van der Waals surface area contributed by atoms with Crippen LogP contribution in [0.2, 0.25) is 0 Å². The van der Waals surface area contributed by atoms with Crippen molar-refractivity contribution in [2.24, 2.45) is 7.05 Å². The zero-order valence-electron chi connectivity index (χ0n) is 18.5. The summed E-state index contributed by atoms with van der Waals surface area (Å²) in [4.78, 5) is 19.3. The van der Waals surface area contributed by atoms with Crippen LogP contribution in [0, 0.1) is 0 Å². The maximum absolute atomic E-state index is 12.0. The molecule has 0 unspecified atom stereocenters. The van der Waals surface area contributed by atoms with Crippen molar-refractivity contribution in [2.75, 3.05) is 11.9 Å². The number of benzene rings is 1. The van der Waals surface area contributed by atoms with Crippen molar-refractivity contribution in [1.29, 1.82) is 0 Å². The first-order valence-corrected chi connectivity index (χ1v) is 11.5. The van der Waals surface area contributed by atoms with E-state index < -0.39 is 0 Å². The van der Waals surface area contributed by atoms with Crippen molar-refractivity contribution in [3.05, 3.63) is 64.6 Å². The second-order valence-corrected chi connectivity index (χ2v) is 9.42. The number of rotatable bonds is 3. The first-order chi connectivity index (χ1) is 15.5. The maximum atomic E-state index is 12.0. The van der Waals surface area contributed by atoms with E-state index in [9.17, 15) is 4.79 Å². The van der Waals surface area contributed by atoms with Gasteiger partial charge in [0, 0.05) is 50.0 Å². The molecule has 0 aliphatic carbocycles. The Bertz CT molecular complexity index is 1240. The van der Waals surface area contributed by atoms with Gasteiger partial charge in [-0.2, -0.15) is 4.98 Å². The van der Waals surface area contributed by atoms with Gasteiger partial charge in [0.25, 0.3) is 5.56 Å². The molecule has 3 aliphatic rings. The number of piperidine rings is 1. The average molecular weight is 429 g/mol. The van der Waals surface area contributed by atoms with Gasteiger partial charge in [0.15, 0.2) is 0 Å². The third-order valence-corrected chi connectivity index (χ3v) is 7.40. The third-order valence-electron chi connectivity index (χ3n) is 7.40. The van der Waals surface area contributed by atoms with Crippen LogP contribution in [-0.2, 0) is 13.7 Å². The highest BCUT2D eigenvalue weighted by Gasteiger charge is 2.35. The normalized spacial score (nSPS) is 23.2. The van der Waals surface area contributed by atoms with Gasteiger partial charge in [-0.1, -0.05) is 12.1 Å².